The highest BCUT2D eigenvalue weighted by Gasteiger charge is 2.31. The van der Waals surface area contributed by atoms with Crippen molar-refractivity contribution in [3.8, 4) is 0 Å². The van der Waals surface area contributed by atoms with Gasteiger partial charge in [0.1, 0.15) is 0 Å². The number of hydrogen-bond donors (Lipinski definition) is 2. The van der Waals surface area contributed by atoms with E-state index in [1.165, 1.54) is 5.39 Å². The van der Waals surface area contributed by atoms with Crippen LogP contribution in [0.5, 0.6) is 0 Å². The van der Waals surface area contributed by atoms with Gasteiger partial charge in [-0.25, -0.2) is 0 Å². The van der Waals surface area contributed by atoms with Gasteiger partial charge in [-0.2, -0.15) is 5.10 Å². The van der Waals surface area contributed by atoms with Crippen molar-refractivity contribution in [2.24, 2.45) is 0 Å². The van der Waals surface area contributed by atoms with Crippen molar-refractivity contribution in [2.75, 3.05) is 13.1 Å². The van der Waals surface area contributed by atoms with E-state index in [0.717, 1.165) is 43.7 Å². The van der Waals surface area contributed by atoms with Crippen molar-refractivity contribution in [3.63, 3.8) is 0 Å². The Morgan fingerprint density at radius 1 is 1.32 bits per heavy atom. The Kier molecular flexibility index (Phi) is 3.29. The summed E-state index contributed by atoms with van der Waals surface area (Å²) in [4.78, 5) is 0. The number of nitrogens with one attached hydrogen (secondary N) is 1. The fraction of sp³-hybridized carbons (Fsp3) is 0.533. The molecule has 1 aliphatic rings. The maximum Gasteiger partial charge on any atom is 0.0732 e. The van der Waals surface area contributed by atoms with Crippen LogP contribution in [0.25, 0.3) is 10.9 Å². The van der Waals surface area contributed by atoms with E-state index < -0.39 is 5.60 Å². The van der Waals surface area contributed by atoms with Gasteiger partial charge in [0.25, 0.3) is 0 Å². The Morgan fingerprint density at radius 3 is 2.79 bits per heavy atom. The summed E-state index contributed by atoms with van der Waals surface area (Å²) in [6.45, 7) is 4.74. The second-order valence-electron chi connectivity index (χ2n) is 5.43. The maximum atomic E-state index is 10.7. The molecule has 1 aromatic heterocycles. The molecule has 1 fully saturated rings. The van der Waals surface area contributed by atoms with Gasteiger partial charge < -0.3 is 10.4 Å². The second kappa shape index (κ2) is 4.94. The summed E-state index contributed by atoms with van der Waals surface area (Å²) in [7, 11) is 0. The Balaban J connectivity index is 1.96. The van der Waals surface area contributed by atoms with Crippen LogP contribution in [0, 0.1) is 0 Å². The van der Waals surface area contributed by atoms with Crippen LogP contribution in [0.2, 0.25) is 0 Å². The third-order valence-electron chi connectivity index (χ3n) is 4.06. The Hall–Kier alpha value is -1.39. The number of fused-ring (bicyclic) bond motifs is 1. The van der Waals surface area contributed by atoms with E-state index in [-0.39, 0.29) is 0 Å². The first-order valence-corrected chi connectivity index (χ1v) is 7.09. The van der Waals surface area contributed by atoms with E-state index in [0.29, 0.717) is 6.42 Å². The van der Waals surface area contributed by atoms with Crippen LogP contribution in [0.4, 0.5) is 0 Å². The van der Waals surface area contributed by atoms with Crippen molar-refractivity contribution >= 4 is 10.9 Å². The molecule has 0 aliphatic carbocycles. The third kappa shape index (κ3) is 2.38. The number of benzene rings is 1. The lowest BCUT2D eigenvalue weighted by atomic mass is 9.87. The van der Waals surface area contributed by atoms with Gasteiger partial charge in [-0.05, 0) is 38.9 Å². The molecule has 1 aliphatic heterocycles. The highest BCUT2D eigenvalue weighted by Crippen LogP contribution is 2.27. The Bertz CT molecular complexity index is 570. The van der Waals surface area contributed by atoms with Gasteiger partial charge in [-0.3, -0.25) is 4.68 Å². The van der Waals surface area contributed by atoms with Crippen molar-refractivity contribution in [3.05, 3.63) is 30.0 Å². The van der Waals surface area contributed by atoms with Crippen molar-refractivity contribution in [2.45, 2.75) is 38.3 Å². The lowest BCUT2D eigenvalue weighted by molar-refractivity contribution is 0.0102. The first kappa shape index (κ1) is 12.6. The fourth-order valence-corrected chi connectivity index (χ4v) is 2.95. The summed E-state index contributed by atoms with van der Waals surface area (Å²) in [5, 5.41) is 19.8. The van der Waals surface area contributed by atoms with E-state index in [1.54, 1.807) is 0 Å². The molecule has 1 aromatic carbocycles. The van der Waals surface area contributed by atoms with E-state index >= 15 is 0 Å². The lowest BCUT2D eigenvalue weighted by Gasteiger charge is -2.32. The van der Waals surface area contributed by atoms with E-state index in [2.05, 4.69) is 29.5 Å². The van der Waals surface area contributed by atoms with Gasteiger partial charge >= 0.3 is 0 Å². The van der Waals surface area contributed by atoms with Crippen LogP contribution in [0.3, 0.4) is 0 Å². The molecule has 0 unspecified atom stereocenters. The Morgan fingerprint density at radius 2 is 2.05 bits per heavy atom. The smallest absolute Gasteiger partial charge is 0.0732 e. The van der Waals surface area contributed by atoms with Crippen LogP contribution in [-0.2, 0) is 13.0 Å². The monoisotopic (exact) mass is 259 g/mol. The number of aryl methyl sites for hydroxylation is 1. The highest BCUT2D eigenvalue weighted by molar-refractivity contribution is 5.82. The summed E-state index contributed by atoms with van der Waals surface area (Å²) >= 11 is 0. The summed E-state index contributed by atoms with van der Waals surface area (Å²) < 4.78 is 2.02. The van der Waals surface area contributed by atoms with E-state index in [4.69, 9.17) is 0 Å². The highest BCUT2D eigenvalue weighted by atomic mass is 16.3. The molecule has 0 atom stereocenters. The predicted octanol–water partition coefficient (Wildman–Crippen LogP) is 1.71. The van der Waals surface area contributed by atoms with Gasteiger partial charge in [-0.15, -0.1) is 0 Å². The SMILES string of the molecule is CCn1nc(CC2(O)CCNCC2)c2ccccc21. The molecule has 4 nitrogen and oxygen atoms in total. The van der Waals surface area contributed by atoms with Gasteiger partial charge in [-0.1, -0.05) is 18.2 Å². The predicted molar refractivity (Wildman–Crippen MR) is 76.2 cm³/mol. The van der Waals surface area contributed by atoms with Crippen molar-refractivity contribution in [1.82, 2.24) is 15.1 Å². The molecule has 0 amide bonds. The number of rotatable bonds is 3. The lowest BCUT2D eigenvalue weighted by Crippen LogP contribution is -2.43. The molecule has 0 spiro atoms. The van der Waals surface area contributed by atoms with Gasteiger partial charge in [0.2, 0.25) is 0 Å². The minimum atomic E-state index is -0.596. The summed E-state index contributed by atoms with van der Waals surface area (Å²) in [6, 6.07) is 8.29. The molecule has 0 radical (unpaired) electrons. The topological polar surface area (TPSA) is 50.1 Å². The normalized spacial score (nSPS) is 18.8. The Labute approximate surface area is 113 Å². The standard InChI is InChI=1S/C15H21N3O/c1-2-18-14-6-4-3-5-12(14)13(17-18)11-15(19)7-9-16-10-8-15/h3-6,16,19H,2,7-11H2,1H3. The fourth-order valence-electron chi connectivity index (χ4n) is 2.95. The molecule has 0 saturated carbocycles. The third-order valence-corrected chi connectivity index (χ3v) is 4.06. The van der Waals surface area contributed by atoms with Crippen LogP contribution in [0.1, 0.15) is 25.5 Å². The van der Waals surface area contributed by atoms with Gasteiger partial charge in [0, 0.05) is 18.4 Å². The number of piperidine rings is 1. The number of nitrogens with zero attached hydrogens (tertiary/aromatic N) is 2. The minimum Gasteiger partial charge on any atom is -0.389 e. The van der Waals surface area contributed by atoms with Gasteiger partial charge in [0.15, 0.2) is 0 Å². The maximum absolute atomic E-state index is 10.7. The molecule has 2 aromatic rings. The van der Waals surface area contributed by atoms with Crippen LogP contribution < -0.4 is 5.32 Å². The zero-order chi connectivity index (χ0) is 13.3. The van der Waals surface area contributed by atoms with Crippen molar-refractivity contribution in [1.29, 1.82) is 0 Å². The van der Waals surface area contributed by atoms with E-state index in [9.17, 15) is 5.11 Å². The molecule has 19 heavy (non-hydrogen) atoms. The number of aromatic nitrogens is 2. The second-order valence-corrected chi connectivity index (χ2v) is 5.43. The summed E-state index contributed by atoms with van der Waals surface area (Å²) in [5.74, 6) is 0. The molecular formula is C15H21N3O. The quantitative estimate of drug-likeness (QED) is 0.882. The first-order valence-electron chi connectivity index (χ1n) is 7.09. The number of aliphatic hydroxyl groups is 1. The molecule has 3 rings (SSSR count). The molecule has 2 N–H and O–H groups in total. The van der Waals surface area contributed by atoms with Gasteiger partial charge in [0.05, 0.1) is 16.8 Å². The average molecular weight is 259 g/mol. The summed E-state index contributed by atoms with van der Waals surface area (Å²) in [6.07, 6.45) is 2.27. The first-order chi connectivity index (χ1) is 9.22. The van der Waals surface area contributed by atoms with Crippen LogP contribution >= 0.6 is 0 Å². The molecule has 4 heteroatoms. The van der Waals surface area contributed by atoms with Crippen molar-refractivity contribution < 1.29 is 5.11 Å². The minimum absolute atomic E-state index is 0.596. The molecular weight excluding hydrogens is 238 g/mol. The zero-order valence-electron chi connectivity index (χ0n) is 11.4. The molecule has 102 valence electrons. The average Bonchev–Trinajstić information content (AvgIpc) is 2.77. The zero-order valence-corrected chi connectivity index (χ0v) is 11.4. The molecule has 0 bridgehead atoms. The molecule has 2 heterocycles. The number of para-hydroxylation sites is 1. The number of hydrogen-bond acceptors (Lipinski definition) is 3. The van der Waals surface area contributed by atoms with Crippen LogP contribution in [0.15, 0.2) is 24.3 Å². The largest absolute Gasteiger partial charge is 0.389 e. The molecule has 1 saturated heterocycles. The summed E-state index contributed by atoms with van der Waals surface area (Å²) in [5.41, 5.74) is 1.60. The van der Waals surface area contributed by atoms with E-state index in [1.807, 2.05) is 16.8 Å². The van der Waals surface area contributed by atoms with Crippen LogP contribution in [-0.4, -0.2) is 33.6 Å².